The Balaban J connectivity index is 1.92. The van der Waals surface area contributed by atoms with E-state index in [1.54, 1.807) is 18.2 Å². The molecule has 0 aliphatic carbocycles. The lowest BCUT2D eigenvalue weighted by atomic mass is 10.2. The summed E-state index contributed by atoms with van der Waals surface area (Å²) in [7, 11) is 0. The zero-order chi connectivity index (χ0) is 14.5. The topological polar surface area (TPSA) is 87.5 Å². The number of nitrogens with zero attached hydrogens (tertiary/aromatic N) is 1. The van der Waals surface area contributed by atoms with Gasteiger partial charge in [-0.05, 0) is 18.2 Å². The number of halogens is 1. The molecule has 1 aliphatic heterocycles. The first-order valence-corrected chi connectivity index (χ1v) is 6.77. The van der Waals surface area contributed by atoms with Gasteiger partial charge in [-0.3, -0.25) is 9.59 Å². The molecule has 1 aromatic rings. The number of carbonyl (C=O) groups is 2. The van der Waals surface area contributed by atoms with Crippen molar-refractivity contribution in [2.24, 2.45) is 5.73 Å². The van der Waals surface area contributed by atoms with Crippen molar-refractivity contribution in [2.45, 2.75) is 0 Å². The summed E-state index contributed by atoms with van der Waals surface area (Å²) in [5, 5.41) is 6.47. The molecule has 1 aromatic carbocycles. The van der Waals surface area contributed by atoms with Crippen LogP contribution in [0.5, 0.6) is 0 Å². The van der Waals surface area contributed by atoms with E-state index >= 15 is 0 Å². The van der Waals surface area contributed by atoms with Crippen LogP contribution in [0.25, 0.3) is 0 Å². The number of benzene rings is 1. The molecular weight excluding hydrogens is 280 g/mol. The van der Waals surface area contributed by atoms with E-state index in [1.807, 2.05) is 4.90 Å². The number of amides is 2. The monoisotopic (exact) mass is 296 g/mol. The van der Waals surface area contributed by atoms with Gasteiger partial charge in [0.1, 0.15) is 0 Å². The van der Waals surface area contributed by atoms with Crippen molar-refractivity contribution >= 4 is 29.1 Å². The predicted octanol–water partition coefficient (Wildman–Crippen LogP) is 0.283. The van der Waals surface area contributed by atoms with Crippen LogP contribution in [-0.4, -0.2) is 49.4 Å². The Morgan fingerprint density at radius 3 is 2.65 bits per heavy atom. The summed E-state index contributed by atoms with van der Waals surface area (Å²) in [6.45, 7) is 3.30. The number of carbonyl (C=O) groups excluding carboxylic acids is 2. The highest BCUT2D eigenvalue weighted by atomic mass is 35.5. The van der Waals surface area contributed by atoms with Crippen molar-refractivity contribution in [2.75, 3.05) is 38.0 Å². The summed E-state index contributed by atoms with van der Waals surface area (Å²) in [5.74, 6) is -0.528. The molecule has 2 rings (SSSR count). The molecular formula is C13H17ClN4O2. The summed E-state index contributed by atoms with van der Waals surface area (Å²) < 4.78 is 0. The van der Waals surface area contributed by atoms with Gasteiger partial charge in [0, 0.05) is 31.9 Å². The fraction of sp³-hybridized carbons (Fsp3) is 0.385. The molecule has 1 fully saturated rings. The molecule has 1 aliphatic rings. The number of rotatable bonds is 4. The standard InChI is InChI=1S/C13H17ClN4O2/c14-11-7-9(1-2-10(11)13(15)20)17-8-12(19)18-5-3-16-4-6-18/h1-2,7,16-17H,3-6,8H2,(H2,15,20). The third kappa shape index (κ3) is 3.61. The van der Waals surface area contributed by atoms with E-state index in [-0.39, 0.29) is 23.0 Å². The fourth-order valence-electron chi connectivity index (χ4n) is 2.03. The normalized spacial score (nSPS) is 14.9. The van der Waals surface area contributed by atoms with Gasteiger partial charge in [-0.1, -0.05) is 11.6 Å². The zero-order valence-corrected chi connectivity index (χ0v) is 11.7. The molecule has 0 atom stereocenters. The lowest BCUT2D eigenvalue weighted by Crippen LogP contribution is -2.48. The molecule has 1 heterocycles. The number of piperazine rings is 1. The molecule has 7 heteroatoms. The number of anilines is 1. The van der Waals surface area contributed by atoms with Crippen LogP contribution in [0.3, 0.4) is 0 Å². The van der Waals surface area contributed by atoms with Crippen molar-refractivity contribution in [3.63, 3.8) is 0 Å². The van der Waals surface area contributed by atoms with E-state index in [9.17, 15) is 9.59 Å². The van der Waals surface area contributed by atoms with Crippen molar-refractivity contribution in [3.05, 3.63) is 28.8 Å². The Morgan fingerprint density at radius 1 is 1.35 bits per heavy atom. The molecule has 0 unspecified atom stereocenters. The van der Waals surface area contributed by atoms with Gasteiger partial charge in [0.15, 0.2) is 0 Å². The highest BCUT2D eigenvalue weighted by molar-refractivity contribution is 6.34. The molecule has 6 nitrogen and oxygen atoms in total. The quantitative estimate of drug-likeness (QED) is 0.745. The number of hydrogen-bond acceptors (Lipinski definition) is 4. The second-order valence-corrected chi connectivity index (χ2v) is 4.95. The van der Waals surface area contributed by atoms with E-state index in [0.29, 0.717) is 5.69 Å². The number of primary amides is 1. The molecule has 0 saturated carbocycles. The van der Waals surface area contributed by atoms with Crippen LogP contribution in [0.4, 0.5) is 5.69 Å². The Bertz CT molecular complexity index is 515. The molecule has 108 valence electrons. The SMILES string of the molecule is NC(=O)c1ccc(NCC(=O)N2CCNCC2)cc1Cl. The van der Waals surface area contributed by atoms with Gasteiger partial charge < -0.3 is 21.3 Å². The molecule has 0 bridgehead atoms. The molecule has 2 amide bonds. The Morgan fingerprint density at radius 2 is 2.05 bits per heavy atom. The average Bonchev–Trinajstić information content (AvgIpc) is 2.45. The summed E-state index contributed by atoms with van der Waals surface area (Å²) >= 11 is 5.94. The van der Waals surface area contributed by atoms with Crippen LogP contribution in [0.2, 0.25) is 5.02 Å². The van der Waals surface area contributed by atoms with Crippen LogP contribution >= 0.6 is 11.6 Å². The molecule has 0 radical (unpaired) electrons. The zero-order valence-electron chi connectivity index (χ0n) is 11.0. The van der Waals surface area contributed by atoms with E-state index in [1.165, 1.54) is 0 Å². The van der Waals surface area contributed by atoms with Gasteiger partial charge in [0.25, 0.3) is 0 Å². The summed E-state index contributed by atoms with van der Waals surface area (Å²) in [5.41, 5.74) is 6.13. The Kier molecular flexibility index (Phi) is 4.81. The average molecular weight is 297 g/mol. The second-order valence-electron chi connectivity index (χ2n) is 4.54. The van der Waals surface area contributed by atoms with Crippen LogP contribution in [0.15, 0.2) is 18.2 Å². The Hall–Kier alpha value is -1.79. The maximum atomic E-state index is 12.0. The second kappa shape index (κ2) is 6.58. The van der Waals surface area contributed by atoms with Crippen LogP contribution in [-0.2, 0) is 4.79 Å². The van der Waals surface area contributed by atoms with Gasteiger partial charge in [-0.2, -0.15) is 0 Å². The highest BCUT2D eigenvalue weighted by Gasteiger charge is 2.15. The van der Waals surface area contributed by atoms with Gasteiger partial charge >= 0.3 is 0 Å². The summed E-state index contributed by atoms with van der Waals surface area (Å²) in [6, 6.07) is 4.81. The van der Waals surface area contributed by atoms with Crippen molar-refractivity contribution in [3.8, 4) is 0 Å². The highest BCUT2D eigenvalue weighted by Crippen LogP contribution is 2.20. The molecule has 0 aromatic heterocycles. The first-order valence-electron chi connectivity index (χ1n) is 6.39. The van der Waals surface area contributed by atoms with Gasteiger partial charge in [0.05, 0.1) is 17.1 Å². The number of nitrogens with one attached hydrogen (secondary N) is 2. The van der Waals surface area contributed by atoms with Crippen molar-refractivity contribution in [1.82, 2.24) is 10.2 Å². The lowest BCUT2D eigenvalue weighted by molar-refractivity contribution is -0.129. The first kappa shape index (κ1) is 14.6. The minimum Gasteiger partial charge on any atom is -0.376 e. The summed E-state index contributed by atoms with van der Waals surface area (Å²) in [4.78, 5) is 24.8. The van der Waals surface area contributed by atoms with Gasteiger partial charge in [-0.15, -0.1) is 0 Å². The fourth-order valence-corrected chi connectivity index (χ4v) is 2.30. The first-order chi connectivity index (χ1) is 9.58. The maximum Gasteiger partial charge on any atom is 0.250 e. The van der Waals surface area contributed by atoms with E-state index in [0.717, 1.165) is 26.2 Å². The van der Waals surface area contributed by atoms with Crippen molar-refractivity contribution in [1.29, 1.82) is 0 Å². The molecule has 4 N–H and O–H groups in total. The number of hydrogen-bond donors (Lipinski definition) is 3. The van der Waals surface area contributed by atoms with Crippen LogP contribution in [0, 0.1) is 0 Å². The molecule has 1 saturated heterocycles. The lowest BCUT2D eigenvalue weighted by Gasteiger charge is -2.27. The van der Waals surface area contributed by atoms with Gasteiger partial charge in [-0.25, -0.2) is 0 Å². The van der Waals surface area contributed by atoms with Crippen molar-refractivity contribution < 1.29 is 9.59 Å². The maximum absolute atomic E-state index is 12.0. The van der Waals surface area contributed by atoms with Crippen LogP contribution in [0.1, 0.15) is 10.4 Å². The van der Waals surface area contributed by atoms with E-state index in [2.05, 4.69) is 10.6 Å². The molecule has 0 spiro atoms. The Labute approximate surface area is 122 Å². The van der Waals surface area contributed by atoms with Gasteiger partial charge in [0.2, 0.25) is 11.8 Å². The third-order valence-corrected chi connectivity index (χ3v) is 3.46. The molecule has 20 heavy (non-hydrogen) atoms. The summed E-state index contributed by atoms with van der Waals surface area (Å²) in [6.07, 6.45) is 0. The smallest absolute Gasteiger partial charge is 0.250 e. The van der Waals surface area contributed by atoms with E-state index < -0.39 is 5.91 Å². The minimum atomic E-state index is -0.571. The minimum absolute atomic E-state index is 0.0431. The van der Waals surface area contributed by atoms with Crippen LogP contribution < -0.4 is 16.4 Å². The number of nitrogens with two attached hydrogens (primary N) is 1. The third-order valence-electron chi connectivity index (χ3n) is 3.15. The largest absolute Gasteiger partial charge is 0.376 e. The van der Waals surface area contributed by atoms with E-state index in [4.69, 9.17) is 17.3 Å². The predicted molar refractivity (Wildman–Crippen MR) is 77.9 cm³/mol.